The van der Waals surface area contributed by atoms with E-state index in [-0.39, 0.29) is 6.61 Å². The fourth-order valence-corrected chi connectivity index (χ4v) is 1.13. The number of hydrogen-bond acceptors (Lipinski definition) is 1. The summed E-state index contributed by atoms with van der Waals surface area (Å²) < 4.78 is 40.1. The van der Waals surface area contributed by atoms with Gasteiger partial charge in [-0.2, -0.15) is 13.2 Å². The Morgan fingerprint density at radius 2 is 2.00 bits per heavy atom. The van der Waals surface area contributed by atoms with E-state index in [0.717, 1.165) is 11.1 Å². The highest BCUT2D eigenvalue weighted by molar-refractivity contribution is 5.87. The van der Waals surface area contributed by atoms with E-state index >= 15 is 0 Å². The minimum atomic E-state index is -4.13. The maximum Gasteiger partial charge on any atom is 0.392 e. The lowest BCUT2D eigenvalue weighted by Crippen LogP contribution is -2.12. The van der Waals surface area contributed by atoms with E-state index in [2.05, 4.69) is 0 Å². The van der Waals surface area contributed by atoms with Crippen molar-refractivity contribution in [1.82, 2.24) is 0 Å². The number of alkyl halides is 3. The number of hydrogen-bond donors (Lipinski definition) is 0. The van der Waals surface area contributed by atoms with Crippen molar-refractivity contribution >= 4 is 0 Å². The zero-order valence-corrected chi connectivity index (χ0v) is 6.69. The number of benzene rings is 1. The molecule has 0 unspecified atom stereocenters. The first kappa shape index (κ1) is 8.41. The lowest BCUT2D eigenvalue weighted by atomic mass is 10.4. The zero-order chi connectivity index (χ0) is 9.47. The van der Waals surface area contributed by atoms with Crippen LogP contribution in [0.2, 0.25) is 0 Å². The van der Waals surface area contributed by atoms with Crippen LogP contribution in [-0.4, -0.2) is 12.8 Å². The Labute approximate surface area is 73.1 Å². The molecule has 0 heterocycles. The Balaban J connectivity index is 1.78. The normalized spacial score (nSPS) is 12.8. The molecule has 13 heavy (non-hydrogen) atoms. The predicted molar refractivity (Wildman–Crippen MR) is 41.6 cm³/mol. The standard InChI is InChI=1S/C9H7F3O/c10-9(11,12)3-4-13-8-2-1-6-5-7(6)8/h1-2,5H,3-4H2. The minimum absolute atomic E-state index is 0.298. The van der Waals surface area contributed by atoms with Gasteiger partial charge in [-0.1, -0.05) is 6.07 Å². The van der Waals surface area contributed by atoms with E-state index in [1.54, 1.807) is 6.07 Å². The molecule has 2 aliphatic carbocycles. The monoisotopic (exact) mass is 188 g/mol. The smallest absolute Gasteiger partial charge is 0.392 e. The Morgan fingerprint density at radius 1 is 1.23 bits per heavy atom. The topological polar surface area (TPSA) is 9.23 Å². The minimum Gasteiger partial charge on any atom is -0.493 e. The van der Waals surface area contributed by atoms with Crippen molar-refractivity contribution in [3.05, 3.63) is 18.2 Å². The van der Waals surface area contributed by atoms with Crippen LogP contribution in [0.5, 0.6) is 5.75 Å². The van der Waals surface area contributed by atoms with Crippen molar-refractivity contribution in [2.24, 2.45) is 0 Å². The molecule has 0 fully saturated rings. The van der Waals surface area contributed by atoms with Gasteiger partial charge in [0.05, 0.1) is 13.0 Å². The molecule has 0 bridgehead atoms. The molecule has 0 aliphatic heterocycles. The molecule has 0 amide bonds. The van der Waals surface area contributed by atoms with Crippen LogP contribution in [0.25, 0.3) is 11.1 Å². The molecule has 0 radical (unpaired) electrons. The highest BCUT2D eigenvalue weighted by atomic mass is 19.4. The number of ether oxygens (including phenoxy) is 1. The molecule has 0 atom stereocenters. The molecule has 4 heteroatoms. The summed E-state index contributed by atoms with van der Waals surface area (Å²) in [5, 5.41) is 0. The van der Waals surface area contributed by atoms with Crippen LogP contribution in [0.4, 0.5) is 13.2 Å². The first-order chi connectivity index (χ1) is 6.06. The molecule has 70 valence electrons. The number of halogens is 3. The van der Waals surface area contributed by atoms with Crippen molar-refractivity contribution in [1.29, 1.82) is 0 Å². The maximum absolute atomic E-state index is 11.7. The third-order valence-corrected chi connectivity index (χ3v) is 1.85. The Morgan fingerprint density at radius 3 is 2.46 bits per heavy atom. The number of fused-ring (bicyclic) bond motifs is 1. The summed E-state index contributed by atoms with van der Waals surface area (Å²) in [6.07, 6.45) is -5.03. The first-order valence-corrected chi connectivity index (χ1v) is 3.90. The van der Waals surface area contributed by atoms with Crippen molar-refractivity contribution in [3.63, 3.8) is 0 Å². The van der Waals surface area contributed by atoms with Gasteiger partial charge in [-0.3, -0.25) is 0 Å². The van der Waals surface area contributed by atoms with E-state index in [0.29, 0.717) is 5.75 Å². The summed E-state index contributed by atoms with van der Waals surface area (Å²) >= 11 is 0. The molecule has 0 aromatic carbocycles. The fourth-order valence-electron chi connectivity index (χ4n) is 1.13. The van der Waals surface area contributed by atoms with Gasteiger partial charge in [0.15, 0.2) is 0 Å². The summed E-state index contributed by atoms with van der Waals surface area (Å²) in [5.74, 6) is 0.569. The van der Waals surface area contributed by atoms with E-state index < -0.39 is 12.6 Å². The summed E-state index contributed by atoms with van der Waals surface area (Å²) in [6, 6.07) is 5.40. The lowest BCUT2D eigenvalue weighted by molar-refractivity contribution is -0.139. The SMILES string of the molecule is FC(F)(F)CCOc1ccc2cc1-2. The molecule has 2 rings (SSSR count). The zero-order valence-electron chi connectivity index (χ0n) is 6.69. The largest absolute Gasteiger partial charge is 0.493 e. The molecule has 0 spiro atoms. The van der Waals surface area contributed by atoms with Crippen LogP contribution in [0.15, 0.2) is 18.2 Å². The molecule has 0 aromatic rings. The second-order valence-electron chi connectivity index (χ2n) is 2.92. The maximum atomic E-state index is 11.7. The van der Waals surface area contributed by atoms with Crippen LogP contribution in [0.1, 0.15) is 6.42 Å². The van der Waals surface area contributed by atoms with Gasteiger partial charge in [-0.15, -0.1) is 0 Å². The lowest BCUT2D eigenvalue weighted by Gasteiger charge is -2.06. The average molecular weight is 188 g/mol. The Kier molecular flexibility index (Phi) is 1.71. The van der Waals surface area contributed by atoms with Gasteiger partial charge >= 0.3 is 6.18 Å². The third-order valence-electron chi connectivity index (χ3n) is 1.85. The van der Waals surface area contributed by atoms with Crippen molar-refractivity contribution in [2.45, 2.75) is 12.6 Å². The molecule has 2 aliphatic rings. The van der Waals surface area contributed by atoms with Crippen molar-refractivity contribution in [2.75, 3.05) is 6.61 Å². The van der Waals surface area contributed by atoms with E-state index in [4.69, 9.17) is 4.74 Å². The highest BCUT2D eigenvalue weighted by Crippen LogP contribution is 2.43. The second-order valence-corrected chi connectivity index (χ2v) is 2.92. The molecule has 0 saturated carbocycles. The van der Waals surface area contributed by atoms with Gasteiger partial charge in [-0.25, -0.2) is 0 Å². The third kappa shape index (κ3) is 1.94. The van der Waals surface area contributed by atoms with Gasteiger partial charge in [0.25, 0.3) is 0 Å². The van der Waals surface area contributed by atoms with Crippen LogP contribution in [-0.2, 0) is 0 Å². The van der Waals surface area contributed by atoms with E-state index in [9.17, 15) is 13.2 Å². The molecule has 0 saturated heterocycles. The van der Waals surface area contributed by atoms with E-state index in [1.165, 1.54) is 0 Å². The molecular weight excluding hydrogens is 181 g/mol. The quantitative estimate of drug-likeness (QED) is 0.719. The first-order valence-electron chi connectivity index (χ1n) is 3.90. The summed E-state index contributed by atoms with van der Waals surface area (Å²) in [4.78, 5) is 0. The second kappa shape index (κ2) is 2.65. The molecular formula is C9H7F3O. The summed E-state index contributed by atoms with van der Waals surface area (Å²) in [5.41, 5.74) is 2.02. The van der Waals surface area contributed by atoms with Crippen LogP contribution in [0, 0.1) is 0 Å². The average Bonchev–Trinajstić information content (AvgIpc) is 2.67. The Bertz CT molecular complexity index is 330. The van der Waals surface area contributed by atoms with Gasteiger partial charge in [0, 0.05) is 5.56 Å². The number of rotatable bonds is 3. The van der Waals surface area contributed by atoms with Crippen molar-refractivity contribution < 1.29 is 17.9 Å². The summed E-state index contributed by atoms with van der Waals surface area (Å²) in [7, 11) is 0. The van der Waals surface area contributed by atoms with Gasteiger partial charge in [-0.05, 0) is 17.7 Å². The van der Waals surface area contributed by atoms with Crippen LogP contribution in [0.3, 0.4) is 0 Å². The highest BCUT2D eigenvalue weighted by Gasteiger charge is 2.27. The van der Waals surface area contributed by atoms with Gasteiger partial charge < -0.3 is 4.74 Å². The van der Waals surface area contributed by atoms with Crippen molar-refractivity contribution in [3.8, 4) is 16.9 Å². The van der Waals surface area contributed by atoms with E-state index in [1.807, 2.05) is 12.1 Å². The Hall–Kier alpha value is -1.19. The molecule has 1 nitrogen and oxygen atoms in total. The molecule has 0 aromatic heterocycles. The molecule has 0 N–H and O–H groups in total. The predicted octanol–water partition coefficient (Wildman–Crippen LogP) is 3.00. The van der Waals surface area contributed by atoms with Gasteiger partial charge in [0.1, 0.15) is 5.75 Å². The summed E-state index contributed by atoms with van der Waals surface area (Å²) in [6.45, 7) is -0.298. The fraction of sp³-hybridized carbons (Fsp3) is 0.333. The van der Waals surface area contributed by atoms with Crippen LogP contribution < -0.4 is 4.74 Å². The van der Waals surface area contributed by atoms with Crippen LogP contribution >= 0.6 is 0 Å². The van der Waals surface area contributed by atoms with Gasteiger partial charge in [0.2, 0.25) is 0 Å².